The fraction of sp³-hybridized carbons (Fsp3) is 0.556. The summed E-state index contributed by atoms with van der Waals surface area (Å²) in [6.07, 6.45) is 0.484. The Morgan fingerprint density at radius 1 is 1.17 bits per heavy atom. The third-order valence-corrected chi connectivity index (χ3v) is 3.43. The zero-order valence-corrected chi connectivity index (χ0v) is 15.1. The second-order valence-electron chi connectivity index (χ2n) is 6.17. The molecule has 3 N–H and O–H groups in total. The van der Waals surface area contributed by atoms with Crippen molar-refractivity contribution in [2.75, 3.05) is 38.7 Å². The average molecular weight is 335 g/mol. The van der Waals surface area contributed by atoms with E-state index in [1.54, 1.807) is 25.3 Å². The minimum absolute atomic E-state index is 0.00700. The number of aryl methyl sites for hydroxylation is 1. The lowest BCUT2D eigenvalue weighted by Gasteiger charge is -2.12. The first kappa shape index (κ1) is 20.1. The first-order valence-corrected chi connectivity index (χ1v) is 8.32. The number of anilines is 1. The number of rotatable bonds is 10. The number of ether oxygens (including phenoxy) is 1. The van der Waals surface area contributed by atoms with Gasteiger partial charge in [0.25, 0.3) is 5.91 Å². The van der Waals surface area contributed by atoms with Gasteiger partial charge in [0.05, 0.1) is 6.61 Å². The molecule has 134 valence electrons. The van der Waals surface area contributed by atoms with E-state index in [0.29, 0.717) is 37.6 Å². The van der Waals surface area contributed by atoms with E-state index in [-0.39, 0.29) is 11.8 Å². The molecule has 1 rings (SSSR count). The molecule has 0 bridgehead atoms. The molecule has 0 spiro atoms. The molecule has 0 saturated heterocycles. The predicted molar refractivity (Wildman–Crippen MR) is 96.3 cm³/mol. The normalized spacial score (nSPS) is 10.7. The van der Waals surface area contributed by atoms with Gasteiger partial charge in [-0.15, -0.1) is 0 Å². The largest absolute Gasteiger partial charge is 0.383 e. The van der Waals surface area contributed by atoms with Gasteiger partial charge in [-0.05, 0) is 36.6 Å². The van der Waals surface area contributed by atoms with E-state index in [0.717, 1.165) is 17.8 Å². The van der Waals surface area contributed by atoms with Crippen LogP contribution in [-0.2, 0) is 9.53 Å². The van der Waals surface area contributed by atoms with E-state index in [9.17, 15) is 9.59 Å². The summed E-state index contributed by atoms with van der Waals surface area (Å²) < 4.78 is 4.93. The molecule has 0 aliphatic carbocycles. The van der Waals surface area contributed by atoms with E-state index in [1.807, 2.05) is 20.8 Å². The van der Waals surface area contributed by atoms with Crippen LogP contribution in [-0.4, -0.2) is 45.2 Å². The van der Waals surface area contributed by atoms with Crippen molar-refractivity contribution in [3.05, 3.63) is 29.3 Å². The number of amides is 2. The summed E-state index contributed by atoms with van der Waals surface area (Å²) in [5.41, 5.74) is 2.21. The first-order chi connectivity index (χ1) is 11.4. The highest BCUT2D eigenvalue weighted by Crippen LogP contribution is 2.17. The van der Waals surface area contributed by atoms with Gasteiger partial charge in [-0.1, -0.05) is 13.8 Å². The summed E-state index contributed by atoms with van der Waals surface area (Å²) >= 11 is 0. The Balaban J connectivity index is 2.48. The summed E-state index contributed by atoms with van der Waals surface area (Å²) in [5.74, 6) is 0.187. The van der Waals surface area contributed by atoms with E-state index in [2.05, 4.69) is 16.0 Å². The zero-order chi connectivity index (χ0) is 17.9. The molecule has 0 atom stereocenters. The van der Waals surface area contributed by atoms with Gasteiger partial charge in [0.15, 0.2) is 0 Å². The van der Waals surface area contributed by atoms with Gasteiger partial charge in [0.1, 0.15) is 0 Å². The van der Waals surface area contributed by atoms with Gasteiger partial charge in [-0.2, -0.15) is 0 Å². The van der Waals surface area contributed by atoms with Crippen LogP contribution in [0.25, 0.3) is 0 Å². The molecule has 0 fully saturated rings. The molecular formula is C18H29N3O3. The summed E-state index contributed by atoms with van der Waals surface area (Å²) in [6, 6.07) is 5.30. The van der Waals surface area contributed by atoms with Crippen molar-refractivity contribution in [1.29, 1.82) is 0 Å². The Kier molecular flexibility index (Phi) is 9.04. The van der Waals surface area contributed by atoms with Crippen LogP contribution in [0.2, 0.25) is 0 Å². The molecule has 0 unspecified atom stereocenters. The Hall–Kier alpha value is -1.92. The molecule has 6 heteroatoms. The van der Waals surface area contributed by atoms with E-state index in [4.69, 9.17) is 4.74 Å². The van der Waals surface area contributed by atoms with Gasteiger partial charge < -0.3 is 20.7 Å². The number of carbonyl (C=O) groups excluding carboxylic acids is 2. The predicted octanol–water partition coefficient (Wildman–Crippen LogP) is 1.95. The Morgan fingerprint density at radius 2 is 1.92 bits per heavy atom. The molecular weight excluding hydrogens is 306 g/mol. The fourth-order valence-electron chi connectivity index (χ4n) is 2.18. The topological polar surface area (TPSA) is 79.5 Å². The lowest BCUT2D eigenvalue weighted by atomic mass is 10.1. The maximum absolute atomic E-state index is 12.1. The molecule has 6 nitrogen and oxygen atoms in total. The van der Waals surface area contributed by atoms with Crippen molar-refractivity contribution >= 4 is 17.5 Å². The third kappa shape index (κ3) is 7.57. The molecule has 24 heavy (non-hydrogen) atoms. The molecule has 0 aliphatic rings. The third-order valence-electron chi connectivity index (χ3n) is 3.43. The second-order valence-corrected chi connectivity index (χ2v) is 6.17. The van der Waals surface area contributed by atoms with Crippen LogP contribution >= 0.6 is 0 Å². The van der Waals surface area contributed by atoms with Crippen LogP contribution in [0, 0.1) is 12.8 Å². The summed E-state index contributed by atoms with van der Waals surface area (Å²) in [6.45, 7) is 8.54. The SMILES string of the molecule is COCCNCCNC(=O)c1ccc(NC(=O)CC(C)C)c(C)c1. The quantitative estimate of drug-likeness (QED) is 0.571. The molecule has 0 heterocycles. The fourth-order valence-corrected chi connectivity index (χ4v) is 2.18. The van der Waals surface area contributed by atoms with Crippen LogP contribution in [0.4, 0.5) is 5.69 Å². The van der Waals surface area contributed by atoms with E-state index < -0.39 is 0 Å². The summed E-state index contributed by atoms with van der Waals surface area (Å²) in [5, 5.41) is 8.91. The zero-order valence-electron chi connectivity index (χ0n) is 15.1. The summed E-state index contributed by atoms with van der Waals surface area (Å²) in [7, 11) is 1.65. The maximum atomic E-state index is 12.1. The molecule has 0 radical (unpaired) electrons. The lowest BCUT2D eigenvalue weighted by Crippen LogP contribution is -2.33. The van der Waals surface area contributed by atoms with Crippen molar-refractivity contribution in [1.82, 2.24) is 10.6 Å². The second kappa shape index (κ2) is 10.8. The standard InChI is InChI=1S/C18H29N3O3/c1-13(2)11-17(22)21-16-6-5-15(12-14(16)3)18(23)20-8-7-19-9-10-24-4/h5-6,12-13,19H,7-11H2,1-4H3,(H,20,23)(H,21,22). The van der Waals surface area contributed by atoms with Crippen molar-refractivity contribution in [2.45, 2.75) is 27.2 Å². The van der Waals surface area contributed by atoms with Crippen molar-refractivity contribution < 1.29 is 14.3 Å². The average Bonchev–Trinajstić information content (AvgIpc) is 2.51. The highest BCUT2D eigenvalue weighted by atomic mass is 16.5. The smallest absolute Gasteiger partial charge is 0.251 e. The van der Waals surface area contributed by atoms with E-state index in [1.165, 1.54) is 0 Å². The molecule has 0 aromatic heterocycles. The van der Waals surface area contributed by atoms with Crippen LogP contribution in [0.3, 0.4) is 0 Å². The van der Waals surface area contributed by atoms with Crippen LogP contribution in [0.5, 0.6) is 0 Å². The first-order valence-electron chi connectivity index (χ1n) is 8.32. The molecule has 1 aromatic carbocycles. The van der Waals surface area contributed by atoms with Gasteiger partial charge in [0, 0.05) is 44.4 Å². The van der Waals surface area contributed by atoms with Crippen molar-refractivity contribution in [3.8, 4) is 0 Å². The number of nitrogens with one attached hydrogen (secondary N) is 3. The van der Waals surface area contributed by atoms with Gasteiger partial charge in [-0.3, -0.25) is 9.59 Å². The molecule has 2 amide bonds. The maximum Gasteiger partial charge on any atom is 0.251 e. The van der Waals surface area contributed by atoms with Crippen molar-refractivity contribution in [2.24, 2.45) is 5.92 Å². The van der Waals surface area contributed by atoms with Crippen molar-refractivity contribution in [3.63, 3.8) is 0 Å². The minimum atomic E-state index is -0.119. The highest BCUT2D eigenvalue weighted by molar-refractivity contribution is 5.96. The molecule has 0 aliphatic heterocycles. The molecule has 1 aromatic rings. The van der Waals surface area contributed by atoms with Crippen LogP contribution in [0.1, 0.15) is 36.2 Å². The lowest BCUT2D eigenvalue weighted by molar-refractivity contribution is -0.116. The number of benzene rings is 1. The monoisotopic (exact) mass is 335 g/mol. The Bertz CT molecular complexity index is 544. The summed E-state index contributed by atoms with van der Waals surface area (Å²) in [4.78, 5) is 24.0. The van der Waals surface area contributed by atoms with Crippen LogP contribution in [0.15, 0.2) is 18.2 Å². The van der Waals surface area contributed by atoms with E-state index >= 15 is 0 Å². The van der Waals surface area contributed by atoms with Gasteiger partial charge in [0.2, 0.25) is 5.91 Å². The van der Waals surface area contributed by atoms with Gasteiger partial charge >= 0.3 is 0 Å². The Morgan fingerprint density at radius 3 is 2.54 bits per heavy atom. The van der Waals surface area contributed by atoms with Gasteiger partial charge in [-0.25, -0.2) is 0 Å². The highest BCUT2D eigenvalue weighted by Gasteiger charge is 2.10. The number of carbonyl (C=O) groups is 2. The Labute approximate surface area is 144 Å². The molecule has 0 saturated carbocycles. The number of hydrogen-bond acceptors (Lipinski definition) is 4. The number of methoxy groups -OCH3 is 1. The minimum Gasteiger partial charge on any atom is -0.383 e. The number of hydrogen-bond donors (Lipinski definition) is 3. The van der Waals surface area contributed by atoms with Crippen LogP contribution < -0.4 is 16.0 Å².